The van der Waals surface area contributed by atoms with E-state index in [1.807, 2.05) is 0 Å². The lowest BCUT2D eigenvalue weighted by Gasteiger charge is -2.35. The third-order valence-electron chi connectivity index (χ3n) is 4.13. The molecule has 0 aliphatic carbocycles. The maximum atomic E-state index is 12.6. The van der Waals surface area contributed by atoms with E-state index in [1.165, 1.54) is 15.5 Å². The van der Waals surface area contributed by atoms with E-state index in [-0.39, 0.29) is 30.3 Å². The van der Waals surface area contributed by atoms with E-state index in [9.17, 15) is 19.2 Å². The van der Waals surface area contributed by atoms with Crippen molar-refractivity contribution >= 4 is 29.6 Å². The molecule has 3 heterocycles. The fraction of sp³-hybridized carbons (Fsp3) is 0.353. The molecule has 0 radical (unpaired) electrons. The summed E-state index contributed by atoms with van der Waals surface area (Å²) in [5, 5.41) is 2.68. The number of aromatic nitrogens is 2. The Balaban J connectivity index is 2.10. The molecule has 0 saturated carbocycles. The molecule has 1 atom stereocenters. The first-order valence-corrected chi connectivity index (χ1v) is 8.23. The van der Waals surface area contributed by atoms with Crippen LogP contribution < -0.4 is 15.8 Å². The van der Waals surface area contributed by atoms with E-state index in [0.29, 0.717) is 25.0 Å². The fourth-order valence-corrected chi connectivity index (χ4v) is 2.96. The van der Waals surface area contributed by atoms with Gasteiger partial charge in [-0.3, -0.25) is 23.6 Å². The molecule has 9 heteroatoms. The van der Waals surface area contributed by atoms with Gasteiger partial charge < -0.3 is 15.0 Å². The average molecular weight is 358 g/mol. The number of anilines is 1. The number of carbonyl (C=O) groups excluding carboxylic acids is 3. The number of pyridine rings is 1. The van der Waals surface area contributed by atoms with Crippen LogP contribution in [0.3, 0.4) is 0 Å². The number of ether oxygens (including phenoxy) is 1. The number of piperazine rings is 1. The number of esters is 1. The Bertz CT molecular complexity index is 923. The first-order chi connectivity index (χ1) is 12.6. The second kappa shape index (κ2) is 7.34. The van der Waals surface area contributed by atoms with Crippen LogP contribution in [0.2, 0.25) is 0 Å². The van der Waals surface area contributed by atoms with Crippen molar-refractivity contribution < 1.29 is 19.1 Å². The molecular weight excluding hydrogens is 340 g/mol. The van der Waals surface area contributed by atoms with Crippen LogP contribution in [0, 0.1) is 0 Å². The number of hydrogen-bond donors (Lipinski definition) is 1. The van der Waals surface area contributed by atoms with Crippen molar-refractivity contribution in [3.05, 3.63) is 40.3 Å². The van der Waals surface area contributed by atoms with Gasteiger partial charge in [0, 0.05) is 19.3 Å². The second-order valence-electron chi connectivity index (χ2n) is 5.71. The van der Waals surface area contributed by atoms with Gasteiger partial charge in [0.25, 0.3) is 5.56 Å². The number of nitrogens with zero attached hydrogens (tertiary/aromatic N) is 3. The molecule has 0 aromatic carbocycles. The first-order valence-electron chi connectivity index (χ1n) is 8.23. The van der Waals surface area contributed by atoms with Crippen molar-refractivity contribution in [3.63, 3.8) is 0 Å². The predicted molar refractivity (Wildman–Crippen MR) is 92.2 cm³/mol. The van der Waals surface area contributed by atoms with Crippen LogP contribution >= 0.6 is 0 Å². The summed E-state index contributed by atoms with van der Waals surface area (Å²) in [7, 11) is 0. The number of rotatable bonds is 5. The molecule has 1 aliphatic rings. The topological polar surface area (TPSA) is 110 Å². The minimum atomic E-state index is -0.903. The number of carbonyl (C=O) groups is 3. The van der Waals surface area contributed by atoms with Crippen LogP contribution in [0.15, 0.2) is 29.2 Å². The summed E-state index contributed by atoms with van der Waals surface area (Å²) < 4.78 is 6.19. The smallest absolute Gasteiger partial charge is 0.308 e. The van der Waals surface area contributed by atoms with E-state index in [4.69, 9.17) is 4.74 Å². The largest absolute Gasteiger partial charge is 0.466 e. The van der Waals surface area contributed by atoms with Crippen LogP contribution in [0.1, 0.15) is 23.7 Å². The molecule has 3 rings (SSSR count). The SMILES string of the molecule is CCOC(=O)C[C@@H]1C(=O)NCCN1c1nc2ccccn2c(=O)c1C=O. The number of hydrogen-bond acceptors (Lipinski definition) is 7. The van der Waals surface area contributed by atoms with Gasteiger partial charge in [0.1, 0.15) is 23.1 Å². The number of amides is 1. The Morgan fingerprint density at radius 2 is 2.23 bits per heavy atom. The first kappa shape index (κ1) is 17.6. The highest BCUT2D eigenvalue weighted by Gasteiger charge is 2.35. The Hall–Kier alpha value is -3.23. The van der Waals surface area contributed by atoms with Gasteiger partial charge in [-0.25, -0.2) is 4.98 Å². The van der Waals surface area contributed by atoms with Crippen molar-refractivity contribution in [3.8, 4) is 0 Å². The number of nitrogens with one attached hydrogen (secondary N) is 1. The molecule has 0 unspecified atom stereocenters. The molecular formula is C17H18N4O5. The van der Waals surface area contributed by atoms with Crippen molar-refractivity contribution in [1.29, 1.82) is 0 Å². The molecule has 2 aromatic rings. The molecule has 1 fully saturated rings. The molecule has 1 N–H and O–H groups in total. The van der Waals surface area contributed by atoms with Gasteiger partial charge in [-0.1, -0.05) is 6.07 Å². The summed E-state index contributed by atoms with van der Waals surface area (Å²) in [4.78, 5) is 54.3. The summed E-state index contributed by atoms with van der Waals surface area (Å²) in [6.45, 7) is 2.49. The molecule has 2 aromatic heterocycles. The van der Waals surface area contributed by atoms with E-state index in [2.05, 4.69) is 10.3 Å². The number of aldehydes is 1. The predicted octanol–water partition coefficient (Wildman–Crippen LogP) is -0.235. The number of fused-ring (bicyclic) bond motifs is 1. The Kier molecular flexibility index (Phi) is 4.97. The summed E-state index contributed by atoms with van der Waals surface area (Å²) >= 11 is 0. The van der Waals surface area contributed by atoms with Crippen molar-refractivity contribution in [2.45, 2.75) is 19.4 Å². The monoisotopic (exact) mass is 358 g/mol. The molecule has 1 amide bonds. The van der Waals surface area contributed by atoms with E-state index < -0.39 is 17.6 Å². The highest BCUT2D eigenvalue weighted by atomic mass is 16.5. The van der Waals surface area contributed by atoms with Gasteiger partial charge in [0.2, 0.25) is 5.91 Å². The minimum absolute atomic E-state index is 0.0975. The van der Waals surface area contributed by atoms with E-state index >= 15 is 0 Å². The zero-order chi connectivity index (χ0) is 18.7. The summed E-state index contributed by atoms with van der Waals surface area (Å²) in [6.07, 6.45) is 1.74. The van der Waals surface area contributed by atoms with Crippen LogP contribution in [0.4, 0.5) is 5.82 Å². The van der Waals surface area contributed by atoms with Crippen LogP contribution in [0.5, 0.6) is 0 Å². The van der Waals surface area contributed by atoms with Crippen molar-refractivity contribution in [2.75, 3.05) is 24.6 Å². The van der Waals surface area contributed by atoms with Crippen molar-refractivity contribution in [2.24, 2.45) is 0 Å². The zero-order valence-corrected chi connectivity index (χ0v) is 14.2. The zero-order valence-electron chi connectivity index (χ0n) is 14.2. The molecule has 26 heavy (non-hydrogen) atoms. The highest BCUT2D eigenvalue weighted by Crippen LogP contribution is 2.21. The Labute approximate surface area is 148 Å². The Morgan fingerprint density at radius 3 is 2.96 bits per heavy atom. The van der Waals surface area contributed by atoms with Gasteiger partial charge in [-0.05, 0) is 19.1 Å². The summed E-state index contributed by atoms with van der Waals surface area (Å²) in [5.41, 5.74) is -0.335. The highest BCUT2D eigenvalue weighted by molar-refractivity contribution is 5.92. The quantitative estimate of drug-likeness (QED) is 0.580. The lowest BCUT2D eigenvalue weighted by Crippen LogP contribution is -2.57. The average Bonchev–Trinajstić information content (AvgIpc) is 2.63. The van der Waals surface area contributed by atoms with Crippen molar-refractivity contribution in [1.82, 2.24) is 14.7 Å². The second-order valence-corrected chi connectivity index (χ2v) is 5.71. The van der Waals surface area contributed by atoms with Crippen LogP contribution in [-0.2, 0) is 14.3 Å². The lowest BCUT2D eigenvalue weighted by molar-refractivity contribution is -0.145. The molecule has 0 bridgehead atoms. The van der Waals surface area contributed by atoms with E-state index in [0.717, 1.165) is 0 Å². The fourth-order valence-electron chi connectivity index (χ4n) is 2.96. The maximum Gasteiger partial charge on any atom is 0.308 e. The molecule has 136 valence electrons. The molecule has 1 aliphatic heterocycles. The summed E-state index contributed by atoms with van der Waals surface area (Å²) in [6, 6.07) is 4.09. The standard InChI is InChI=1S/C17H18N4O5/c1-2-26-14(23)9-12-16(24)18-6-8-20(12)15-11(10-22)17(25)21-7-4-3-5-13(21)19-15/h3-5,7,10,12H,2,6,8-9H2,1H3,(H,18,24)/t12-/m1/s1. The van der Waals surface area contributed by atoms with Gasteiger partial charge in [0.15, 0.2) is 6.29 Å². The van der Waals surface area contributed by atoms with Crippen LogP contribution in [0.25, 0.3) is 5.65 Å². The Morgan fingerprint density at radius 1 is 1.42 bits per heavy atom. The van der Waals surface area contributed by atoms with Gasteiger partial charge in [-0.2, -0.15) is 0 Å². The van der Waals surface area contributed by atoms with Gasteiger partial charge in [0.05, 0.1) is 13.0 Å². The normalized spacial score (nSPS) is 17.0. The maximum absolute atomic E-state index is 12.6. The minimum Gasteiger partial charge on any atom is -0.466 e. The van der Waals surface area contributed by atoms with Gasteiger partial charge >= 0.3 is 5.97 Å². The third-order valence-corrected chi connectivity index (χ3v) is 4.13. The third kappa shape index (κ3) is 3.15. The molecule has 0 spiro atoms. The van der Waals surface area contributed by atoms with Crippen LogP contribution in [-0.4, -0.2) is 53.3 Å². The lowest BCUT2D eigenvalue weighted by atomic mass is 10.1. The van der Waals surface area contributed by atoms with Gasteiger partial charge in [-0.15, -0.1) is 0 Å². The molecule has 1 saturated heterocycles. The summed E-state index contributed by atoms with van der Waals surface area (Å²) in [5.74, 6) is -0.818. The van der Waals surface area contributed by atoms with E-state index in [1.54, 1.807) is 25.1 Å². The molecule has 9 nitrogen and oxygen atoms in total.